The molecular weight excluding hydrogens is 254 g/mol. The van der Waals surface area contributed by atoms with Crippen LogP contribution in [0.4, 0.5) is 0 Å². The van der Waals surface area contributed by atoms with E-state index in [4.69, 9.17) is 4.52 Å². The van der Waals surface area contributed by atoms with Crippen molar-refractivity contribution < 1.29 is 9.63 Å². The summed E-state index contributed by atoms with van der Waals surface area (Å²) in [4.78, 5) is 4.31. The van der Waals surface area contributed by atoms with Gasteiger partial charge in [-0.2, -0.15) is 4.98 Å². The van der Waals surface area contributed by atoms with Gasteiger partial charge in [0.15, 0.2) is 5.82 Å². The molecule has 1 aromatic carbocycles. The van der Waals surface area contributed by atoms with Gasteiger partial charge in [0.05, 0.1) is 18.7 Å². The van der Waals surface area contributed by atoms with Gasteiger partial charge in [-0.05, 0) is 18.9 Å². The first kappa shape index (κ1) is 14.7. The summed E-state index contributed by atoms with van der Waals surface area (Å²) in [5, 5.41) is 16.9. The summed E-state index contributed by atoms with van der Waals surface area (Å²) in [6.45, 7) is 4.45. The molecule has 2 aromatic rings. The SMILES string of the molecule is CCCc1noc(CN[C@@](C)(CO)c2ccccc2)n1. The number of nitrogens with one attached hydrogen (secondary N) is 1. The van der Waals surface area contributed by atoms with E-state index in [1.54, 1.807) is 0 Å². The van der Waals surface area contributed by atoms with E-state index >= 15 is 0 Å². The summed E-state index contributed by atoms with van der Waals surface area (Å²) in [6.07, 6.45) is 1.81. The molecule has 2 rings (SSSR count). The van der Waals surface area contributed by atoms with E-state index in [0.29, 0.717) is 12.4 Å². The highest BCUT2D eigenvalue weighted by molar-refractivity contribution is 5.23. The van der Waals surface area contributed by atoms with E-state index in [0.717, 1.165) is 24.2 Å². The van der Waals surface area contributed by atoms with Gasteiger partial charge >= 0.3 is 0 Å². The Bertz CT molecular complexity index is 527. The van der Waals surface area contributed by atoms with Gasteiger partial charge in [-0.1, -0.05) is 42.4 Å². The van der Waals surface area contributed by atoms with E-state index in [-0.39, 0.29) is 6.61 Å². The molecule has 1 heterocycles. The maximum absolute atomic E-state index is 9.68. The Labute approximate surface area is 119 Å². The van der Waals surface area contributed by atoms with Crippen molar-refractivity contribution in [3.8, 4) is 0 Å². The average molecular weight is 275 g/mol. The second kappa shape index (κ2) is 6.63. The van der Waals surface area contributed by atoms with E-state index in [1.807, 2.05) is 37.3 Å². The van der Waals surface area contributed by atoms with Crippen LogP contribution in [0.25, 0.3) is 0 Å². The molecule has 0 radical (unpaired) electrons. The van der Waals surface area contributed by atoms with Crippen LogP contribution in [0.3, 0.4) is 0 Å². The summed E-state index contributed by atoms with van der Waals surface area (Å²) in [7, 11) is 0. The molecule has 5 nitrogen and oxygen atoms in total. The predicted octanol–water partition coefficient (Wildman–Crippen LogP) is 2.02. The first-order valence-electron chi connectivity index (χ1n) is 6.91. The summed E-state index contributed by atoms with van der Waals surface area (Å²) in [5.41, 5.74) is 0.497. The van der Waals surface area contributed by atoms with Gasteiger partial charge in [0, 0.05) is 6.42 Å². The highest BCUT2D eigenvalue weighted by Crippen LogP contribution is 2.20. The standard InChI is InChI=1S/C15H21N3O2/c1-3-7-13-17-14(20-18-13)10-16-15(2,11-19)12-8-5-4-6-9-12/h4-6,8-9,16,19H,3,7,10-11H2,1-2H3/t15-/m0/s1. The van der Waals surface area contributed by atoms with Gasteiger partial charge in [0.2, 0.25) is 5.89 Å². The highest BCUT2D eigenvalue weighted by atomic mass is 16.5. The number of aromatic nitrogens is 2. The van der Waals surface area contributed by atoms with Gasteiger partial charge in [-0.3, -0.25) is 5.32 Å². The van der Waals surface area contributed by atoms with Crippen molar-refractivity contribution in [1.82, 2.24) is 15.5 Å². The number of hydrogen-bond donors (Lipinski definition) is 2. The molecule has 0 amide bonds. The molecule has 0 bridgehead atoms. The maximum Gasteiger partial charge on any atom is 0.240 e. The molecule has 0 saturated carbocycles. The minimum Gasteiger partial charge on any atom is -0.394 e. The molecule has 0 aliphatic rings. The minimum absolute atomic E-state index is 0.00698. The number of aryl methyl sites for hydroxylation is 1. The van der Waals surface area contributed by atoms with Gasteiger partial charge < -0.3 is 9.63 Å². The molecule has 0 aliphatic carbocycles. The Morgan fingerprint density at radius 1 is 1.30 bits per heavy atom. The highest BCUT2D eigenvalue weighted by Gasteiger charge is 2.25. The molecule has 5 heteroatoms. The van der Waals surface area contributed by atoms with Gasteiger partial charge in [0.1, 0.15) is 0 Å². The Balaban J connectivity index is 2.03. The average Bonchev–Trinajstić information content (AvgIpc) is 2.94. The summed E-state index contributed by atoms with van der Waals surface area (Å²) in [5.74, 6) is 1.28. The molecule has 2 N–H and O–H groups in total. The second-order valence-electron chi connectivity index (χ2n) is 5.06. The topological polar surface area (TPSA) is 71.2 Å². The number of aliphatic hydroxyl groups is 1. The monoisotopic (exact) mass is 275 g/mol. The van der Waals surface area contributed by atoms with Crippen LogP contribution < -0.4 is 5.32 Å². The number of aliphatic hydroxyl groups excluding tert-OH is 1. The van der Waals surface area contributed by atoms with Gasteiger partial charge in [-0.25, -0.2) is 0 Å². The third-order valence-electron chi connectivity index (χ3n) is 3.34. The van der Waals surface area contributed by atoms with Crippen molar-refractivity contribution in [1.29, 1.82) is 0 Å². The van der Waals surface area contributed by atoms with E-state index in [9.17, 15) is 5.11 Å². The van der Waals surface area contributed by atoms with Crippen LogP contribution in [0.1, 0.15) is 37.5 Å². The fourth-order valence-corrected chi connectivity index (χ4v) is 2.01. The van der Waals surface area contributed by atoms with Crippen LogP contribution in [0.15, 0.2) is 34.9 Å². The van der Waals surface area contributed by atoms with Crippen LogP contribution >= 0.6 is 0 Å². The molecule has 0 saturated heterocycles. The molecule has 108 valence electrons. The van der Waals surface area contributed by atoms with Crippen molar-refractivity contribution >= 4 is 0 Å². The number of rotatable bonds is 7. The Hall–Kier alpha value is -1.72. The Morgan fingerprint density at radius 3 is 2.70 bits per heavy atom. The van der Waals surface area contributed by atoms with Crippen LogP contribution in [-0.2, 0) is 18.5 Å². The lowest BCUT2D eigenvalue weighted by atomic mass is 9.93. The Kier molecular flexibility index (Phi) is 4.87. The van der Waals surface area contributed by atoms with Crippen LogP contribution in [-0.4, -0.2) is 21.9 Å². The van der Waals surface area contributed by atoms with E-state index in [1.165, 1.54) is 0 Å². The van der Waals surface area contributed by atoms with Crippen molar-refractivity contribution in [2.24, 2.45) is 0 Å². The number of nitrogens with zero attached hydrogens (tertiary/aromatic N) is 2. The van der Waals surface area contributed by atoms with Crippen molar-refractivity contribution in [3.63, 3.8) is 0 Å². The smallest absolute Gasteiger partial charge is 0.240 e. The minimum atomic E-state index is -0.527. The fraction of sp³-hybridized carbons (Fsp3) is 0.467. The largest absolute Gasteiger partial charge is 0.394 e. The molecule has 0 unspecified atom stereocenters. The molecule has 0 spiro atoms. The molecule has 0 fully saturated rings. The fourth-order valence-electron chi connectivity index (χ4n) is 2.01. The molecule has 20 heavy (non-hydrogen) atoms. The molecule has 0 aliphatic heterocycles. The zero-order valence-corrected chi connectivity index (χ0v) is 12.0. The lowest BCUT2D eigenvalue weighted by Gasteiger charge is -2.28. The second-order valence-corrected chi connectivity index (χ2v) is 5.06. The van der Waals surface area contributed by atoms with Crippen molar-refractivity contribution in [3.05, 3.63) is 47.6 Å². The van der Waals surface area contributed by atoms with Crippen LogP contribution in [0.2, 0.25) is 0 Å². The van der Waals surface area contributed by atoms with E-state index < -0.39 is 5.54 Å². The van der Waals surface area contributed by atoms with Gasteiger partial charge in [-0.15, -0.1) is 0 Å². The maximum atomic E-state index is 9.68. The molecular formula is C15H21N3O2. The van der Waals surface area contributed by atoms with Crippen LogP contribution in [0, 0.1) is 0 Å². The normalized spacial score (nSPS) is 14.2. The lowest BCUT2D eigenvalue weighted by Crippen LogP contribution is -2.42. The summed E-state index contributed by atoms with van der Waals surface area (Å²) < 4.78 is 5.19. The van der Waals surface area contributed by atoms with Crippen LogP contribution in [0.5, 0.6) is 0 Å². The van der Waals surface area contributed by atoms with E-state index in [2.05, 4.69) is 22.4 Å². The molecule has 1 aromatic heterocycles. The van der Waals surface area contributed by atoms with Crippen molar-refractivity contribution in [2.45, 2.75) is 38.8 Å². The summed E-state index contributed by atoms with van der Waals surface area (Å²) in [6, 6.07) is 9.84. The first-order valence-corrected chi connectivity index (χ1v) is 6.91. The zero-order valence-electron chi connectivity index (χ0n) is 12.0. The Morgan fingerprint density at radius 2 is 2.05 bits per heavy atom. The zero-order chi connectivity index (χ0) is 14.4. The number of benzene rings is 1. The third-order valence-corrected chi connectivity index (χ3v) is 3.34. The lowest BCUT2D eigenvalue weighted by molar-refractivity contribution is 0.168. The predicted molar refractivity (Wildman–Crippen MR) is 76.0 cm³/mol. The summed E-state index contributed by atoms with van der Waals surface area (Å²) >= 11 is 0. The van der Waals surface area contributed by atoms with Gasteiger partial charge in [0.25, 0.3) is 0 Å². The third kappa shape index (κ3) is 3.43. The van der Waals surface area contributed by atoms with Crippen molar-refractivity contribution in [2.75, 3.05) is 6.61 Å². The number of hydrogen-bond acceptors (Lipinski definition) is 5. The quantitative estimate of drug-likeness (QED) is 0.809. The first-order chi connectivity index (χ1) is 9.68. The molecule has 1 atom stereocenters.